The van der Waals surface area contributed by atoms with E-state index in [1.807, 2.05) is 0 Å². The lowest BCUT2D eigenvalue weighted by Gasteiger charge is -2.19. The number of carbonyl (C=O) groups excluding carboxylic acids is 1. The minimum atomic E-state index is -4.63. The van der Waals surface area contributed by atoms with Crippen LogP contribution in [0.25, 0.3) is 0 Å². The van der Waals surface area contributed by atoms with Crippen LogP contribution in [0.5, 0.6) is 5.75 Å². The summed E-state index contributed by atoms with van der Waals surface area (Å²) in [5.41, 5.74) is -1.36. The molecule has 10 heteroatoms. The van der Waals surface area contributed by atoms with Crippen LogP contribution >= 0.6 is 36.0 Å². The van der Waals surface area contributed by atoms with Gasteiger partial charge >= 0.3 is 12.2 Å². The van der Waals surface area contributed by atoms with Crippen molar-refractivity contribution < 1.29 is 23.1 Å². The van der Waals surface area contributed by atoms with E-state index in [-0.39, 0.29) is 21.5 Å². The first kappa shape index (κ1) is 18.6. The maximum atomic E-state index is 12.9. The topological polar surface area (TPSA) is 52.6 Å². The fourth-order valence-electron chi connectivity index (χ4n) is 1.80. The molecule has 0 radical (unpaired) electrons. The van der Waals surface area contributed by atoms with Crippen molar-refractivity contribution in [2.45, 2.75) is 6.18 Å². The molecule has 24 heavy (non-hydrogen) atoms. The largest absolute Gasteiger partial charge is 0.505 e. The van der Waals surface area contributed by atoms with Gasteiger partial charge in [0, 0.05) is 0 Å². The van der Waals surface area contributed by atoms with Crippen molar-refractivity contribution in [2.24, 2.45) is 0 Å². The summed E-state index contributed by atoms with van der Waals surface area (Å²) in [7, 11) is 0. The van der Waals surface area contributed by atoms with Crippen LogP contribution in [0.15, 0.2) is 36.4 Å². The number of benzene rings is 2. The number of hydrogen-bond donors (Lipinski definition) is 3. The first-order valence-corrected chi connectivity index (χ1v) is 7.41. The van der Waals surface area contributed by atoms with E-state index >= 15 is 0 Å². The van der Waals surface area contributed by atoms with Crippen molar-refractivity contribution in [3.05, 3.63) is 52.0 Å². The highest BCUT2D eigenvalue weighted by Gasteiger charge is 2.33. The molecule has 0 saturated carbocycles. The average Bonchev–Trinajstić information content (AvgIpc) is 2.50. The van der Waals surface area contributed by atoms with Crippen molar-refractivity contribution in [1.29, 1.82) is 0 Å². The number of nitrogens with one attached hydrogen (secondary N) is 1. The molecule has 0 unspecified atom stereocenters. The highest BCUT2D eigenvalue weighted by molar-refractivity contribution is 7.82. The van der Waals surface area contributed by atoms with Gasteiger partial charge in [-0.15, -0.1) is 0 Å². The fourth-order valence-corrected chi connectivity index (χ4v) is 2.44. The summed E-state index contributed by atoms with van der Waals surface area (Å²) < 4.78 is 39.5. The van der Waals surface area contributed by atoms with Crippen LogP contribution in [-0.2, 0) is 6.18 Å². The number of anilines is 2. The molecule has 0 fully saturated rings. The number of para-hydroxylation sites is 1. The van der Waals surface area contributed by atoms with E-state index in [2.05, 4.69) is 18.1 Å². The number of aromatic hydroxyl groups is 1. The zero-order valence-electron chi connectivity index (χ0n) is 11.6. The molecule has 0 heterocycles. The zero-order chi connectivity index (χ0) is 18.1. The van der Waals surface area contributed by atoms with Crippen LogP contribution < -0.4 is 9.62 Å². The van der Waals surface area contributed by atoms with Crippen LogP contribution in [0.1, 0.15) is 5.56 Å². The number of amides is 2. The summed E-state index contributed by atoms with van der Waals surface area (Å²) in [5.74, 6) is -0.383. The van der Waals surface area contributed by atoms with Gasteiger partial charge in [-0.2, -0.15) is 13.2 Å². The number of alkyl halides is 3. The number of carbonyl (C=O) groups is 1. The molecule has 2 aromatic rings. The molecule has 128 valence electrons. The molecule has 4 nitrogen and oxygen atoms in total. The van der Waals surface area contributed by atoms with Gasteiger partial charge in [-0.1, -0.05) is 48.1 Å². The number of thiol groups is 1. The molecule has 2 aromatic carbocycles. The quantitative estimate of drug-likeness (QED) is 0.578. The van der Waals surface area contributed by atoms with Crippen LogP contribution in [0, 0.1) is 0 Å². The second-order valence-corrected chi connectivity index (χ2v) is 5.76. The maximum Gasteiger partial charge on any atom is 0.418 e. The Labute approximate surface area is 150 Å². The van der Waals surface area contributed by atoms with Gasteiger partial charge in [0.1, 0.15) is 0 Å². The van der Waals surface area contributed by atoms with E-state index in [1.165, 1.54) is 24.3 Å². The van der Waals surface area contributed by atoms with Crippen LogP contribution in [0.2, 0.25) is 10.0 Å². The predicted octanol–water partition coefficient (Wildman–Crippen LogP) is 5.60. The molecular weight excluding hydrogens is 388 g/mol. The van der Waals surface area contributed by atoms with E-state index in [4.69, 9.17) is 23.2 Å². The van der Waals surface area contributed by atoms with E-state index in [0.717, 1.165) is 12.1 Å². The van der Waals surface area contributed by atoms with Gasteiger partial charge < -0.3 is 10.4 Å². The molecule has 0 aliphatic carbocycles. The monoisotopic (exact) mass is 396 g/mol. The Kier molecular flexibility index (Phi) is 5.42. The molecule has 2 rings (SSSR count). The summed E-state index contributed by atoms with van der Waals surface area (Å²) in [6, 6.07) is 5.91. The number of nitrogens with zero attached hydrogens (tertiary/aromatic N) is 1. The van der Waals surface area contributed by atoms with E-state index in [0.29, 0.717) is 4.31 Å². The SMILES string of the molecule is O=C(Nc1ccccc1C(F)(F)F)N(S)c1cc(Cl)c(O)c(Cl)c1. The third-order valence-electron chi connectivity index (χ3n) is 2.91. The molecule has 2 N–H and O–H groups in total. The normalized spacial score (nSPS) is 11.2. The van der Waals surface area contributed by atoms with Crippen molar-refractivity contribution >= 4 is 53.4 Å². The molecule has 0 spiro atoms. The Balaban J connectivity index is 2.28. The van der Waals surface area contributed by atoms with Gasteiger partial charge in [-0.25, -0.2) is 9.10 Å². The number of phenolic OH excluding ortho intramolecular Hbond substituents is 1. The lowest BCUT2D eigenvalue weighted by molar-refractivity contribution is -0.136. The Morgan fingerprint density at radius 3 is 2.25 bits per heavy atom. The molecule has 0 aliphatic rings. The van der Waals surface area contributed by atoms with Crippen LogP contribution in [0.3, 0.4) is 0 Å². The Morgan fingerprint density at radius 1 is 1.17 bits per heavy atom. The molecule has 0 bridgehead atoms. The number of urea groups is 1. The van der Waals surface area contributed by atoms with Crippen molar-refractivity contribution in [3.63, 3.8) is 0 Å². The summed E-state index contributed by atoms with van der Waals surface area (Å²) in [6.45, 7) is 0. The smallest absolute Gasteiger partial charge is 0.418 e. The molecule has 2 amide bonds. The summed E-state index contributed by atoms with van der Waals surface area (Å²) in [4.78, 5) is 12.1. The molecule has 0 saturated heterocycles. The second-order valence-electron chi connectivity index (χ2n) is 4.54. The van der Waals surface area contributed by atoms with Crippen molar-refractivity contribution in [3.8, 4) is 5.75 Å². The summed E-state index contributed by atoms with van der Waals surface area (Å²) in [6.07, 6.45) is -4.63. The summed E-state index contributed by atoms with van der Waals surface area (Å²) >= 11 is 15.4. The number of rotatable bonds is 2. The minimum Gasteiger partial charge on any atom is -0.505 e. The Morgan fingerprint density at radius 2 is 1.71 bits per heavy atom. The van der Waals surface area contributed by atoms with E-state index in [1.54, 1.807) is 0 Å². The molecule has 0 aliphatic heterocycles. The van der Waals surface area contributed by atoms with Gasteiger partial charge in [-0.3, -0.25) is 0 Å². The standard InChI is InChI=1S/C14H9Cl2F3N2O2S/c15-9-5-7(6-10(16)12(9)22)21(24)13(23)20-11-4-2-1-3-8(11)14(17,18)19/h1-6,22,24H,(H,20,23). The van der Waals surface area contributed by atoms with Crippen molar-refractivity contribution in [1.82, 2.24) is 0 Å². The van der Waals surface area contributed by atoms with Crippen molar-refractivity contribution in [2.75, 3.05) is 9.62 Å². The molecular formula is C14H9Cl2F3N2O2S. The predicted molar refractivity (Wildman–Crippen MR) is 90.1 cm³/mol. The highest BCUT2D eigenvalue weighted by atomic mass is 35.5. The lowest BCUT2D eigenvalue weighted by atomic mass is 10.1. The van der Waals surface area contributed by atoms with Gasteiger partial charge in [0.05, 0.1) is 27.0 Å². The first-order chi connectivity index (χ1) is 11.1. The second kappa shape index (κ2) is 7.00. The van der Waals surface area contributed by atoms with Gasteiger partial charge in [-0.05, 0) is 24.3 Å². The highest BCUT2D eigenvalue weighted by Crippen LogP contribution is 2.37. The fraction of sp³-hybridized carbons (Fsp3) is 0.0714. The molecule has 0 aromatic heterocycles. The molecule has 0 atom stereocenters. The Hall–Kier alpha value is -1.77. The lowest BCUT2D eigenvalue weighted by Crippen LogP contribution is -2.28. The van der Waals surface area contributed by atoms with Gasteiger partial charge in [0.25, 0.3) is 0 Å². The first-order valence-electron chi connectivity index (χ1n) is 6.25. The average molecular weight is 397 g/mol. The summed E-state index contributed by atoms with van der Waals surface area (Å²) in [5, 5.41) is 11.3. The number of phenols is 1. The minimum absolute atomic E-state index is 0.0631. The van der Waals surface area contributed by atoms with Crippen LogP contribution in [-0.4, -0.2) is 11.1 Å². The zero-order valence-corrected chi connectivity index (χ0v) is 14.0. The van der Waals surface area contributed by atoms with Gasteiger partial charge in [0.2, 0.25) is 0 Å². The maximum absolute atomic E-state index is 12.9. The Bertz CT molecular complexity index is 764. The van der Waals surface area contributed by atoms with E-state index in [9.17, 15) is 23.1 Å². The van der Waals surface area contributed by atoms with Crippen LogP contribution in [0.4, 0.5) is 29.3 Å². The number of hydrogen-bond acceptors (Lipinski definition) is 3. The number of halogens is 5. The third-order valence-corrected chi connectivity index (χ3v) is 3.90. The third kappa shape index (κ3) is 4.00. The van der Waals surface area contributed by atoms with E-state index < -0.39 is 23.5 Å². The van der Waals surface area contributed by atoms with Gasteiger partial charge in [0.15, 0.2) is 5.75 Å².